The lowest BCUT2D eigenvalue weighted by molar-refractivity contribution is 0.480. The molecule has 0 aliphatic heterocycles. The van der Waals surface area contributed by atoms with Crippen LogP contribution in [-0.2, 0) is 20.2 Å². The number of nitriles is 2. The fourth-order valence-electron chi connectivity index (χ4n) is 2.11. The molecule has 0 atom stereocenters. The number of hydrogen-bond donors (Lipinski definition) is 2. The van der Waals surface area contributed by atoms with Crippen LogP contribution in [0.5, 0.6) is 0 Å². The molecule has 0 spiro atoms. The van der Waals surface area contributed by atoms with E-state index in [1.165, 1.54) is 36.4 Å². The average Bonchev–Trinajstić information content (AvgIpc) is 2.58. The Balaban J connectivity index is 2.63. The van der Waals surface area contributed by atoms with Crippen LogP contribution in [0.1, 0.15) is 22.3 Å². The lowest BCUT2D eigenvalue weighted by atomic mass is 10.1. The third kappa shape index (κ3) is 4.33. The van der Waals surface area contributed by atoms with E-state index in [-0.39, 0.29) is 22.3 Å². The summed E-state index contributed by atoms with van der Waals surface area (Å²) in [5, 5.41) is 17.7. The largest absolute Gasteiger partial charge is 0.295 e. The van der Waals surface area contributed by atoms with E-state index in [2.05, 4.69) is 0 Å². The Labute approximate surface area is 149 Å². The maximum absolute atomic E-state index is 11.5. The molecule has 0 amide bonds. The smallest absolute Gasteiger partial charge is 0.282 e. The van der Waals surface area contributed by atoms with Gasteiger partial charge in [0.15, 0.2) is 0 Å². The summed E-state index contributed by atoms with van der Waals surface area (Å²) in [6.45, 7) is 0. The van der Waals surface area contributed by atoms with Gasteiger partial charge >= 0.3 is 0 Å². The van der Waals surface area contributed by atoms with Crippen molar-refractivity contribution in [3.63, 3.8) is 0 Å². The maximum atomic E-state index is 11.5. The minimum absolute atomic E-state index is 0.00264. The van der Waals surface area contributed by atoms with Crippen molar-refractivity contribution in [1.82, 2.24) is 0 Å². The molecule has 0 unspecified atom stereocenters. The van der Waals surface area contributed by atoms with Crippen molar-refractivity contribution in [2.24, 2.45) is 0 Å². The second-order valence-electron chi connectivity index (χ2n) is 5.01. The quantitative estimate of drug-likeness (QED) is 0.593. The molecular formula is C16H10N2O6S2. The maximum Gasteiger partial charge on any atom is 0.295 e. The molecule has 26 heavy (non-hydrogen) atoms. The number of benzene rings is 2. The summed E-state index contributed by atoms with van der Waals surface area (Å²) in [6, 6.07) is 10.6. The predicted molar refractivity (Wildman–Crippen MR) is 90.9 cm³/mol. The highest BCUT2D eigenvalue weighted by Gasteiger charge is 2.17. The van der Waals surface area contributed by atoms with Gasteiger partial charge in [0, 0.05) is 0 Å². The lowest BCUT2D eigenvalue weighted by Crippen LogP contribution is -2.02. The normalized spacial score (nSPS) is 11.8. The van der Waals surface area contributed by atoms with Crippen LogP contribution in [0.15, 0.2) is 46.2 Å². The van der Waals surface area contributed by atoms with E-state index >= 15 is 0 Å². The summed E-state index contributed by atoms with van der Waals surface area (Å²) in [5.74, 6) is 0. The van der Waals surface area contributed by atoms with E-state index in [9.17, 15) is 25.9 Å². The van der Waals surface area contributed by atoms with Gasteiger partial charge in [0.05, 0.1) is 23.3 Å². The van der Waals surface area contributed by atoms with Crippen LogP contribution in [0, 0.1) is 22.7 Å². The second kappa shape index (κ2) is 7.07. The van der Waals surface area contributed by atoms with Gasteiger partial charge in [0.2, 0.25) is 0 Å². The van der Waals surface area contributed by atoms with Crippen LogP contribution in [0.25, 0.3) is 12.2 Å². The Morgan fingerprint density at radius 3 is 1.35 bits per heavy atom. The first-order chi connectivity index (χ1) is 12.1. The van der Waals surface area contributed by atoms with Gasteiger partial charge in [-0.2, -0.15) is 27.4 Å². The molecule has 0 heterocycles. The molecule has 132 valence electrons. The van der Waals surface area contributed by atoms with E-state index in [0.717, 1.165) is 12.1 Å². The molecule has 0 saturated heterocycles. The summed E-state index contributed by atoms with van der Waals surface area (Å²) >= 11 is 0. The summed E-state index contributed by atoms with van der Waals surface area (Å²) < 4.78 is 64.5. The van der Waals surface area contributed by atoms with Crippen LogP contribution >= 0.6 is 0 Å². The monoisotopic (exact) mass is 390 g/mol. The van der Waals surface area contributed by atoms with E-state index in [1.54, 1.807) is 12.1 Å². The Morgan fingerprint density at radius 2 is 1.08 bits per heavy atom. The third-order valence-corrected chi connectivity index (χ3v) is 5.10. The van der Waals surface area contributed by atoms with Crippen molar-refractivity contribution >= 4 is 32.4 Å². The molecular weight excluding hydrogens is 380 g/mol. The number of hydrogen-bond acceptors (Lipinski definition) is 6. The van der Waals surface area contributed by atoms with E-state index in [4.69, 9.17) is 10.5 Å². The van der Waals surface area contributed by atoms with Gasteiger partial charge < -0.3 is 0 Å². The molecule has 2 N–H and O–H groups in total. The van der Waals surface area contributed by atoms with Gasteiger partial charge in [-0.25, -0.2) is 0 Å². The molecule has 0 aliphatic carbocycles. The molecule has 2 aromatic carbocycles. The number of nitrogens with zero attached hydrogens (tertiary/aromatic N) is 2. The van der Waals surface area contributed by atoms with Gasteiger partial charge in [0.1, 0.15) is 9.79 Å². The Bertz CT molecular complexity index is 1100. The van der Waals surface area contributed by atoms with Crippen molar-refractivity contribution in [1.29, 1.82) is 10.5 Å². The van der Waals surface area contributed by atoms with Crippen molar-refractivity contribution in [3.8, 4) is 12.1 Å². The van der Waals surface area contributed by atoms with E-state index in [1.807, 2.05) is 0 Å². The molecule has 0 bridgehead atoms. The van der Waals surface area contributed by atoms with Gasteiger partial charge in [-0.1, -0.05) is 24.3 Å². The van der Waals surface area contributed by atoms with Crippen LogP contribution in [0.2, 0.25) is 0 Å². The molecule has 0 radical (unpaired) electrons. The van der Waals surface area contributed by atoms with Crippen molar-refractivity contribution < 1.29 is 25.9 Å². The Kier molecular flexibility index (Phi) is 5.25. The van der Waals surface area contributed by atoms with Gasteiger partial charge in [-0.15, -0.1) is 0 Å². The molecule has 0 fully saturated rings. The Morgan fingerprint density at radius 1 is 0.731 bits per heavy atom. The first-order valence-corrected chi connectivity index (χ1v) is 9.65. The van der Waals surface area contributed by atoms with Crippen LogP contribution in [0.3, 0.4) is 0 Å². The van der Waals surface area contributed by atoms with Crippen LogP contribution in [-0.4, -0.2) is 25.9 Å². The van der Waals surface area contributed by atoms with Crippen molar-refractivity contribution in [2.45, 2.75) is 9.79 Å². The van der Waals surface area contributed by atoms with Gasteiger partial charge in [-0.3, -0.25) is 9.11 Å². The summed E-state index contributed by atoms with van der Waals surface area (Å²) in [7, 11) is -9.27. The highest BCUT2D eigenvalue weighted by atomic mass is 32.2. The van der Waals surface area contributed by atoms with E-state index < -0.39 is 30.0 Å². The summed E-state index contributed by atoms with van der Waals surface area (Å²) in [5.41, 5.74) is 0.00726. The minimum atomic E-state index is -4.63. The topological polar surface area (TPSA) is 156 Å². The molecule has 10 heteroatoms. The first-order valence-electron chi connectivity index (χ1n) is 6.77. The highest BCUT2D eigenvalue weighted by molar-refractivity contribution is 7.86. The highest BCUT2D eigenvalue weighted by Crippen LogP contribution is 2.23. The lowest BCUT2D eigenvalue weighted by Gasteiger charge is -2.05. The van der Waals surface area contributed by atoms with Crippen molar-refractivity contribution in [3.05, 3.63) is 58.7 Å². The number of rotatable bonds is 4. The zero-order valence-corrected chi connectivity index (χ0v) is 14.5. The second-order valence-corrected chi connectivity index (χ2v) is 7.79. The predicted octanol–water partition coefficient (Wildman–Crippen LogP) is 2.09. The fraction of sp³-hybridized carbons (Fsp3) is 0. The fourth-order valence-corrected chi connectivity index (χ4v) is 3.53. The van der Waals surface area contributed by atoms with Gasteiger partial charge in [0.25, 0.3) is 20.2 Å². The molecule has 2 rings (SSSR count). The average molecular weight is 390 g/mol. The zero-order chi connectivity index (χ0) is 19.5. The van der Waals surface area contributed by atoms with E-state index in [0.29, 0.717) is 0 Å². The van der Waals surface area contributed by atoms with Crippen LogP contribution < -0.4 is 0 Å². The SMILES string of the molecule is N#Cc1ccc(C=Cc2ccc(C#N)cc2S(=O)(=O)O)c(S(=O)(=O)O)c1. The van der Waals surface area contributed by atoms with Crippen LogP contribution in [0.4, 0.5) is 0 Å². The molecule has 0 saturated carbocycles. The molecule has 0 aromatic heterocycles. The minimum Gasteiger partial charge on any atom is -0.282 e. The summed E-state index contributed by atoms with van der Waals surface area (Å²) in [4.78, 5) is -1.07. The molecule has 2 aromatic rings. The van der Waals surface area contributed by atoms with Crippen molar-refractivity contribution in [2.75, 3.05) is 0 Å². The van der Waals surface area contributed by atoms with Gasteiger partial charge in [-0.05, 0) is 35.4 Å². The standard InChI is InChI=1S/C16H10N2O6S2/c17-9-11-1-3-13(15(7-11)25(19,20)21)5-6-14-4-2-12(10-18)8-16(14)26(22,23)24/h1-8H,(H,19,20,21)(H,22,23,24). The first kappa shape index (κ1) is 19.3. The Hall–Kier alpha value is -3.02. The zero-order valence-electron chi connectivity index (χ0n) is 12.9. The summed E-state index contributed by atoms with van der Waals surface area (Å²) in [6.07, 6.45) is 2.39. The molecule has 0 aliphatic rings. The molecule has 8 nitrogen and oxygen atoms in total. The third-order valence-electron chi connectivity index (χ3n) is 3.28.